The molecule has 0 saturated heterocycles. The number of hydrogen-bond acceptors (Lipinski definition) is 5. The van der Waals surface area contributed by atoms with Gasteiger partial charge in [0.05, 0.1) is 12.8 Å². The lowest BCUT2D eigenvalue weighted by Gasteiger charge is -2.20. The van der Waals surface area contributed by atoms with Gasteiger partial charge in [-0.3, -0.25) is 0 Å². The number of imidazole rings is 1. The van der Waals surface area contributed by atoms with Gasteiger partial charge in [0.1, 0.15) is 5.82 Å². The lowest BCUT2D eigenvalue weighted by Crippen LogP contribution is -2.33. The van der Waals surface area contributed by atoms with Crippen LogP contribution in [0.25, 0.3) is 0 Å². The van der Waals surface area contributed by atoms with Crippen molar-refractivity contribution in [2.75, 3.05) is 20.3 Å². The molecule has 2 aromatic rings. The van der Waals surface area contributed by atoms with E-state index in [0.717, 1.165) is 4.88 Å². The number of aromatic nitrogens is 2. The number of methoxy groups -OCH3 is 1. The molecule has 0 aliphatic heterocycles. The monoisotopic (exact) mass is 329 g/mol. The molecule has 8 heteroatoms. The molecule has 0 aliphatic rings. The molecule has 6 nitrogen and oxygen atoms in total. The number of sulfonamides is 1. The molecule has 0 atom stereocenters. The van der Waals surface area contributed by atoms with Crippen molar-refractivity contribution in [3.8, 4) is 0 Å². The number of H-pyrrole nitrogens is 1. The molecule has 0 amide bonds. The summed E-state index contributed by atoms with van der Waals surface area (Å²) in [5, 5.41) is 2.06. The van der Waals surface area contributed by atoms with Gasteiger partial charge in [0.15, 0.2) is 5.03 Å². The van der Waals surface area contributed by atoms with Crippen LogP contribution in [0.2, 0.25) is 0 Å². The topological polar surface area (TPSA) is 75.3 Å². The van der Waals surface area contributed by atoms with E-state index < -0.39 is 10.0 Å². The Bertz CT molecular complexity index is 650. The molecule has 0 bridgehead atoms. The summed E-state index contributed by atoms with van der Waals surface area (Å²) in [6.07, 6.45) is 2.04. The van der Waals surface area contributed by atoms with Crippen LogP contribution in [-0.4, -0.2) is 43.0 Å². The lowest BCUT2D eigenvalue weighted by atomic mass is 10.4. The molecule has 2 aromatic heterocycles. The van der Waals surface area contributed by atoms with E-state index in [2.05, 4.69) is 9.97 Å². The first-order valence-corrected chi connectivity index (χ1v) is 8.95. The standard InChI is InChI=1S/C13H19N3O3S2/c1-3-12-14-9-13(15-12)21(17,18)16(6-7-19-2)10-11-5-4-8-20-11/h4-5,8-9H,3,6-7,10H2,1-2H3,(H,14,15). The van der Waals surface area contributed by atoms with Gasteiger partial charge in [0.25, 0.3) is 10.0 Å². The van der Waals surface area contributed by atoms with Gasteiger partial charge in [0, 0.05) is 31.5 Å². The molecule has 0 aliphatic carbocycles. The minimum Gasteiger partial charge on any atom is -0.383 e. The average Bonchev–Trinajstić information content (AvgIpc) is 3.14. The molecule has 0 radical (unpaired) electrons. The molecule has 2 rings (SSSR count). The highest BCUT2D eigenvalue weighted by Gasteiger charge is 2.26. The van der Waals surface area contributed by atoms with Crippen LogP contribution in [0.1, 0.15) is 17.6 Å². The van der Waals surface area contributed by atoms with Crippen LogP contribution in [-0.2, 0) is 27.7 Å². The number of hydrogen-bond donors (Lipinski definition) is 1. The minimum absolute atomic E-state index is 0.131. The highest BCUT2D eigenvalue weighted by atomic mass is 32.2. The maximum atomic E-state index is 12.7. The number of nitrogens with one attached hydrogen (secondary N) is 1. The predicted molar refractivity (Wildman–Crippen MR) is 81.8 cm³/mol. The first kappa shape index (κ1) is 16.2. The second kappa shape index (κ2) is 7.17. The van der Waals surface area contributed by atoms with Crippen molar-refractivity contribution in [1.29, 1.82) is 0 Å². The highest BCUT2D eigenvalue weighted by Crippen LogP contribution is 2.19. The van der Waals surface area contributed by atoms with Crippen LogP contribution in [0.5, 0.6) is 0 Å². The van der Waals surface area contributed by atoms with Gasteiger partial charge < -0.3 is 9.72 Å². The number of ether oxygens (including phenoxy) is 1. The molecule has 2 heterocycles. The van der Waals surface area contributed by atoms with Gasteiger partial charge in [-0.2, -0.15) is 4.31 Å². The molecule has 0 fully saturated rings. The molecule has 0 saturated carbocycles. The Kier molecular flexibility index (Phi) is 5.51. The number of aromatic amines is 1. The minimum atomic E-state index is -3.60. The molecular weight excluding hydrogens is 310 g/mol. The van der Waals surface area contributed by atoms with Crippen LogP contribution in [0.4, 0.5) is 0 Å². The molecule has 1 N–H and O–H groups in total. The summed E-state index contributed by atoms with van der Waals surface area (Å²) < 4.78 is 31.8. The number of thiophene rings is 1. The van der Waals surface area contributed by atoms with Gasteiger partial charge in [0.2, 0.25) is 0 Å². The molecule has 0 spiro atoms. The fourth-order valence-electron chi connectivity index (χ4n) is 1.85. The SMILES string of the molecule is CCc1ncc(S(=O)(=O)N(CCOC)Cc2cccs2)[nH]1. The highest BCUT2D eigenvalue weighted by molar-refractivity contribution is 7.89. The smallest absolute Gasteiger partial charge is 0.260 e. The van der Waals surface area contributed by atoms with Crippen molar-refractivity contribution in [3.05, 3.63) is 34.4 Å². The van der Waals surface area contributed by atoms with Crippen molar-refractivity contribution in [2.24, 2.45) is 0 Å². The largest absolute Gasteiger partial charge is 0.383 e. The Balaban J connectivity index is 2.24. The fraction of sp³-hybridized carbons (Fsp3) is 0.462. The lowest BCUT2D eigenvalue weighted by molar-refractivity contribution is 0.177. The van der Waals surface area contributed by atoms with Crippen LogP contribution in [0.3, 0.4) is 0 Å². The second-order valence-corrected chi connectivity index (χ2v) is 7.40. The third-order valence-electron chi connectivity index (χ3n) is 3.01. The molecular formula is C13H19N3O3S2. The fourth-order valence-corrected chi connectivity index (χ4v) is 3.98. The number of aryl methyl sites for hydroxylation is 1. The molecule has 0 unspecified atom stereocenters. The Morgan fingerprint density at radius 3 is 2.86 bits per heavy atom. The van der Waals surface area contributed by atoms with E-state index in [1.165, 1.54) is 21.8 Å². The number of nitrogens with zero attached hydrogens (tertiary/aromatic N) is 2. The van der Waals surface area contributed by atoms with Gasteiger partial charge in [-0.1, -0.05) is 13.0 Å². The third-order valence-corrected chi connectivity index (χ3v) is 5.63. The van der Waals surface area contributed by atoms with E-state index in [1.807, 2.05) is 24.4 Å². The molecule has 21 heavy (non-hydrogen) atoms. The summed E-state index contributed by atoms with van der Waals surface area (Å²) in [6.45, 7) is 2.91. The number of rotatable bonds is 8. The van der Waals surface area contributed by atoms with Gasteiger partial charge >= 0.3 is 0 Å². The van der Waals surface area contributed by atoms with Crippen molar-refractivity contribution in [1.82, 2.24) is 14.3 Å². The van der Waals surface area contributed by atoms with Crippen molar-refractivity contribution >= 4 is 21.4 Å². The summed E-state index contributed by atoms with van der Waals surface area (Å²) in [6, 6.07) is 3.83. The summed E-state index contributed by atoms with van der Waals surface area (Å²) in [4.78, 5) is 7.92. The zero-order valence-corrected chi connectivity index (χ0v) is 13.7. The maximum absolute atomic E-state index is 12.7. The predicted octanol–water partition coefficient (Wildman–Crippen LogP) is 1.87. The van der Waals surface area contributed by atoms with Crippen molar-refractivity contribution in [2.45, 2.75) is 24.9 Å². The normalized spacial score (nSPS) is 12.1. The second-order valence-electron chi connectivity index (χ2n) is 4.46. The summed E-state index contributed by atoms with van der Waals surface area (Å²) in [5.74, 6) is 0.663. The van der Waals surface area contributed by atoms with Crippen LogP contribution >= 0.6 is 11.3 Å². The van der Waals surface area contributed by atoms with E-state index >= 15 is 0 Å². The van der Waals surface area contributed by atoms with Gasteiger partial charge in [-0.05, 0) is 11.4 Å². The molecule has 116 valence electrons. The third kappa shape index (κ3) is 3.91. The first-order chi connectivity index (χ1) is 10.1. The van der Waals surface area contributed by atoms with E-state index in [0.29, 0.717) is 31.9 Å². The van der Waals surface area contributed by atoms with E-state index in [9.17, 15) is 8.42 Å². The summed E-state index contributed by atoms with van der Waals surface area (Å²) in [5.41, 5.74) is 0. The maximum Gasteiger partial charge on any atom is 0.260 e. The van der Waals surface area contributed by atoms with E-state index in [4.69, 9.17) is 4.74 Å². The Morgan fingerprint density at radius 1 is 1.48 bits per heavy atom. The Labute approximate surface area is 128 Å². The van der Waals surface area contributed by atoms with Crippen molar-refractivity contribution in [3.63, 3.8) is 0 Å². The van der Waals surface area contributed by atoms with Crippen molar-refractivity contribution < 1.29 is 13.2 Å². The van der Waals surface area contributed by atoms with Crippen LogP contribution < -0.4 is 0 Å². The van der Waals surface area contributed by atoms with Crippen LogP contribution in [0.15, 0.2) is 28.7 Å². The Morgan fingerprint density at radius 2 is 2.29 bits per heavy atom. The van der Waals surface area contributed by atoms with Crippen LogP contribution in [0, 0.1) is 0 Å². The quantitative estimate of drug-likeness (QED) is 0.802. The average molecular weight is 329 g/mol. The van der Waals surface area contributed by atoms with Gasteiger partial charge in [-0.25, -0.2) is 13.4 Å². The van der Waals surface area contributed by atoms with E-state index in [-0.39, 0.29) is 5.03 Å². The zero-order chi connectivity index (χ0) is 15.3. The molecule has 0 aromatic carbocycles. The summed E-state index contributed by atoms with van der Waals surface area (Å²) in [7, 11) is -2.04. The summed E-state index contributed by atoms with van der Waals surface area (Å²) >= 11 is 1.53. The Hall–Kier alpha value is -1.22. The van der Waals surface area contributed by atoms with E-state index in [1.54, 1.807) is 7.11 Å². The first-order valence-electron chi connectivity index (χ1n) is 6.63. The zero-order valence-electron chi connectivity index (χ0n) is 12.1. The van der Waals surface area contributed by atoms with Gasteiger partial charge in [-0.15, -0.1) is 11.3 Å².